The molecule has 0 saturated carbocycles. The Morgan fingerprint density at radius 2 is 2.07 bits per heavy atom. The van der Waals surface area contributed by atoms with Crippen molar-refractivity contribution in [2.24, 2.45) is 7.05 Å². The minimum atomic E-state index is -0.176. The fourth-order valence-corrected chi connectivity index (χ4v) is 3.46. The van der Waals surface area contributed by atoms with E-state index >= 15 is 0 Å². The number of hydrogen-bond acceptors (Lipinski definition) is 5. The zero-order valence-electron chi connectivity index (χ0n) is 16.1. The Kier molecular flexibility index (Phi) is 4.58. The molecule has 1 atom stereocenters. The Hall–Kier alpha value is -3.22. The molecule has 1 saturated heterocycles. The third-order valence-electron chi connectivity index (χ3n) is 5.15. The highest BCUT2D eigenvalue weighted by atomic mass is 16.5. The van der Waals surface area contributed by atoms with Crippen molar-refractivity contribution in [3.05, 3.63) is 58.2 Å². The number of pyridine rings is 1. The molecule has 7 nitrogen and oxygen atoms in total. The zero-order valence-corrected chi connectivity index (χ0v) is 16.1. The van der Waals surface area contributed by atoms with E-state index in [1.54, 1.807) is 35.8 Å². The highest BCUT2D eigenvalue weighted by Gasteiger charge is 2.30. The second-order valence-electron chi connectivity index (χ2n) is 7.00. The second kappa shape index (κ2) is 7.07. The van der Waals surface area contributed by atoms with Gasteiger partial charge in [0.15, 0.2) is 17.1 Å². The molecule has 0 bridgehead atoms. The summed E-state index contributed by atoms with van der Waals surface area (Å²) in [7, 11) is 3.29. The monoisotopic (exact) mass is 382 g/mol. The van der Waals surface area contributed by atoms with Gasteiger partial charge in [-0.3, -0.25) is 9.59 Å². The van der Waals surface area contributed by atoms with E-state index in [0.717, 1.165) is 11.1 Å². The summed E-state index contributed by atoms with van der Waals surface area (Å²) in [6, 6.07) is 10.6. The molecule has 1 fully saturated rings. The number of amides is 1. The van der Waals surface area contributed by atoms with E-state index in [-0.39, 0.29) is 23.3 Å². The minimum Gasteiger partial charge on any atom is -0.493 e. The summed E-state index contributed by atoms with van der Waals surface area (Å²) >= 11 is 0. The summed E-state index contributed by atoms with van der Waals surface area (Å²) in [6.45, 7) is 2.87. The molecule has 146 valence electrons. The van der Waals surface area contributed by atoms with Crippen LogP contribution in [0.3, 0.4) is 0 Å². The van der Waals surface area contributed by atoms with Gasteiger partial charge < -0.3 is 23.4 Å². The molecule has 0 spiro atoms. The SMILES string of the molecule is COc1cccc2cc(C(=O)N3CCC(Oc4cc(C)n(C)c(=O)c4)C3)oc12. The Labute approximate surface area is 162 Å². The van der Waals surface area contributed by atoms with Crippen LogP contribution in [0.2, 0.25) is 0 Å². The molecule has 0 aliphatic carbocycles. The number of ether oxygens (including phenoxy) is 2. The molecule has 28 heavy (non-hydrogen) atoms. The van der Waals surface area contributed by atoms with Gasteiger partial charge in [-0.1, -0.05) is 12.1 Å². The van der Waals surface area contributed by atoms with Gasteiger partial charge in [0.2, 0.25) is 0 Å². The maximum Gasteiger partial charge on any atom is 0.289 e. The third-order valence-corrected chi connectivity index (χ3v) is 5.15. The lowest BCUT2D eigenvalue weighted by Crippen LogP contribution is -2.31. The van der Waals surface area contributed by atoms with E-state index in [9.17, 15) is 9.59 Å². The number of carbonyl (C=O) groups is 1. The van der Waals surface area contributed by atoms with Crippen molar-refractivity contribution in [2.75, 3.05) is 20.2 Å². The fraction of sp³-hybridized carbons (Fsp3) is 0.333. The number of furan rings is 1. The van der Waals surface area contributed by atoms with Crippen molar-refractivity contribution in [3.8, 4) is 11.5 Å². The largest absolute Gasteiger partial charge is 0.493 e. The van der Waals surface area contributed by atoms with Crippen molar-refractivity contribution in [2.45, 2.75) is 19.4 Å². The molecule has 3 aromatic rings. The molecular formula is C21H22N2O5. The Morgan fingerprint density at radius 3 is 2.82 bits per heavy atom. The van der Waals surface area contributed by atoms with Gasteiger partial charge >= 0.3 is 0 Å². The highest BCUT2D eigenvalue weighted by Crippen LogP contribution is 2.29. The fourth-order valence-electron chi connectivity index (χ4n) is 3.46. The van der Waals surface area contributed by atoms with Crippen molar-refractivity contribution in [1.29, 1.82) is 0 Å². The summed E-state index contributed by atoms with van der Waals surface area (Å²) in [6.07, 6.45) is 0.540. The summed E-state index contributed by atoms with van der Waals surface area (Å²) < 4.78 is 18.6. The van der Waals surface area contributed by atoms with E-state index in [2.05, 4.69) is 0 Å². The Morgan fingerprint density at radius 1 is 1.25 bits per heavy atom. The lowest BCUT2D eigenvalue weighted by molar-refractivity contribution is 0.0743. The number of aryl methyl sites for hydroxylation is 1. The van der Waals surface area contributed by atoms with Crippen molar-refractivity contribution < 1.29 is 18.7 Å². The lowest BCUT2D eigenvalue weighted by atomic mass is 10.2. The number of aromatic nitrogens is 1. The lowest BCUT2D eigenvalue weighted by Gasteiger charge is -2.16. The summed E-state index contributed by atoms with van der Waals surface area (Å²) in [5.41, 5.74) is 1.28. The summed E-state index contributed by atoms with van der Waals surface area (Å²) in [4.78, 5) is 26.5. The van der Waals surface area contributed by atoms with Crippen LogP contribution in [-0.4, -0.2) is 41.7 Å². The first-order valence-corrected chi connectivity index (χ1v) is 9.16. The molecule has 7 heteroatoms. The van der Waals surface area contributed by atoms with Crippen LogP contribution in [0, 0.1) is 6.92 Å². The van der Waals surface area contributed by atoms with Gasteiger partial charge in [-0.25, -0.2) is 0 Å². The molecule has 0 N–H and O–H groups in total. The molecule has 1 aliphatic rings. The number of para-hydroxylation sites is 1. The molecule has 1 aromatic carbocycles. The van der Waals surface area contributed by atoms with Gasteiger partial charge in [0, 0.05) is 37.2 Å². The van der Waals surface area contributed by atoms with Gasteiger partial charge in [-0.2, -0.15) is 0 Å². The quantitative estimate of drug-likeness (QED) is 0.694. The van der Waals surface area contributed by atoms with E-state index in [4.69, 9.17) is 13.9 Å². The Balaban J connectivity index is 1.48. The van der Waals surface area contributed by atoms with Crippen molar-refractivity contribution in [1.82, 2.24) is 9.47 Å². The predicted octanol–water partition coefficient (Wildman–Crippen LogP) is 2.74. The topological polar surface area (TPSA) is 73.9 Å². The minimum absolute atomic E-state index is 0.114. The summed E-state index contributed by atoms with van der Waals surface area (Å²) in [5.74, 6) is 1.24. The average molecular weight is 382 g/mol. The standard InChI is InChI=1S/C21H22N2O5/c1-13-9-16(11-19(24)22(13)2)27-15-7-8-23(12-15)21(25)18-10-14-5-4-6-17(26-3)20(14)28-18/h4-6,9-11,15H,7-8,12H2,1-3H3. The first-order valence-electron chi connectivity index (χ1n) is 9.16. The van der Waals surface area contributed by atoms with Crippen LogP contribution < -0.4 is 15.0 Å². The predicted molar refractivity (Wildman–Crippen MR) is 104 cm³/mol. The van der Waals surface area contributed by atoms with E-state index in [1.807, 2.05) is 25.1 Å². The van der Waals surface area contributed by atoms with Crippen molar-refractivity contribution in [3.63, 3.8) is 0 Å². The van der Waals surface area contributed by atoms with E-state index in [0.29, 0.717) is 36.6 Å². The van der Waals surface area contributed by atoms with Crippen LogP contribution in [-0.2, 0) is 7.05 Å². The number of hydrogen-bond donors (Lipinski definition) is 0. The number of methoxy groups -OCH3 is 1. The number of fused-ring (bicyclic) bond motifs is 1. The van der Waals surface area contributed by atoms with Gasteiger partial charge in [-0.15, -0.1) is 0 Å². The Bertz CT molecular complexity index is 1100. The molecule has 1 amide bonds. The number of likely N-dealkylation sites (tertiary alicyclic amines) is 1. The average Bonchev–Trinajstić information content (AvgIpc) is 3.32. The number of carbonyl (C=O) groups excluding carboxylic acids is 1. The van der Waals surface area contributed by atoms with E-state index in [1.165, 1.54) is 6.07 Å². The first-order chi connectivity index (χ1) is 13.5. The van der Waals surface area contributed by atoms with Gasteiger partial charge in [-0.05, 0) is 25.1 Å². The third kappa shape index (κ3) is 3.24. The van der Waals surface area contributed by atoms with Crippen LogP contribution in [0.25, 0.3) is 11.0 Å². The van der Waals surface area contributed by atoms with E-state index < -0.39 is 0 Å². The number of benzene rings is 1. The molecule has 2 aromatic heterocycles. The zero-order chi connectivity index (χ0) is 19.8. The summed E-state index contributed by atoms with van der Waals surface area (Å²) in [5, 5.41) is 0.824. The first kappa shape index (κ1) is 18.2. The van der Waals surface area contributed by atoms with Crippen LogP contribution in [0.15, 0.2) is 45.6 Å². The molecule has 4 rings (SSSR count). The maximum absolute atomic E-state index is 12.8. The molecule has 0 radical (unpaired) electrons. The van der Waals surface area contributed by atoms with Crippen molar-refractivity contribution >= 4 is 16.9 Å². The van der Waals surface area contributed by atoms with Crippen LogP contribution in [0.4, 0.5) is 0 Å². The van der Waals surface area contributed by atoms with Crippen LogP contribution in [0.1, 0.15) is 22.7 Å². The molecular weight excluding hydrogens is 360 g/mol. The molecule has 3 heterocycles. The maximum atomic E-state index is 12.8. The number of rotatable bonds is 4. The van der Waals surface area contributed by atoms with Gasteiger partial charge in [0.1, 0.15) is 11.9 Å². The van der Waals surface area contributed by atoms with Crippen LogP contribution in [0.5, 0.6) is 11.5 Å². The second-order valence-corrected chi connectivity index (χ2v) is 7.00. The normalized spacial score (nSPS) is 16.5. The highest BCUT2D eigenvalue weighted by molar-refractivity contribution is 5.97. The molecule has 1 unspecified atom stereocenters. The smallest absolute Gasteiger partial charge is 0.289 e. The number of nitrogens with zero attached hydrogens (tertiary/aromatic N) is 2. The molecule has 1 aliphatic heterocycles. The van der Waals surface area contributed by atoms with Crippen LogP contribution >= 0.6 is 0 Å². The van der Waals surface area contributed by atoms with Gasteiger partial charge in [0.05, 0.1) is 13.7 Å². The van der Waals surface area contributed by atoms with Gasteiger partial charge in [0.25, 0.3) is 11.5 Å².